The molecule has 1 aromatic carbocycles. The third-order valence-electron chi connectivity index (χ3n) is 6.70. The fourth-order valence-electron chi connectivity index (χ4n) is 4.53. The number of rotatable bonds is 6. The zero-order valence-electron chi connectivity index (χ0n) is 19.6. The molecule has 0 unspecified atom stereocenters. The number of carbonyl (C=O) groups excluding carboxylic acids is 2. The summed E-state index contributed by atoms with van der Waals surface area (Å²) in [5.41, 5.74) is 2.74. The summed E-state index contributed by atoms with van der Waals surface area (Å²) in [6, 6.07) is 7.94. The second-order valence-electron chi connectivity index (χ2n) is 9.06. The van der Waals surface area contributed by atoms with Crippen molar-refractivity contribution in [1.82, 2.24) is 20.3 Å². The first-order valence-corrected chi connectivity index (χ1v) is 12.0. The van der Waals surface area contributed by atoms with Gasteiger partial charge in [-0.25, -0.2) is 4.79 Å². The molecule has 0 radical (unpaired) electrons. The Morgan fingerprint density at radius 1 is 1.03 bits per heavy atom. The molecule has 4 rings (SSSR count). The van der Waals surface area contributed by atoms with Gasteiger partial charge in [-0.2, -0.15) is 0 Å². The zero-order valence-corrected chi connectivity index (χ0v) is 19.6. The van der Waals surface area contributed by atoms with Crippen molar-refractivity contribution in [3.05, 3.63) is 46.8 Å². The number of ether oxygens (including phenoxy) is 1. The van der Waals surface area contributed by atoms with Crippen molar-refractivity contribution in [1.29, 1.82) is 0 Å². The Morgan fingerprint density at radius 2 is 1.70 bits per heavy atom. The van der Waals surface area contributed by atoms with E-state index in [0.717, 1.165) is 41.2 Å². The normalized spacial score (nSPS) is 17.2. The summed E-state index contributed by atoms with van der Waals surface area (Å²) in [5.74, 6) is 1.59. The fourth-order valence-corrected chi connectivity index (χ4v) is 4.53. The number of hydrogen-bond acceptors (Lipinski definition) is 5. The van der Waals surface area contributed by atoms with Gasteiger partial charge in [-0.3, -0.25) is 4.79 Å². The van der Waals surface area contributed by atoms with Crippen LogP contribution in [0, 0.1) is 13.8 Å². The number of nitrogens with zero attached hydrogens (tertiary/aromatic N) is 3. The fraction of sp³-hybridized carbons (Fsp3) is 0.560. The molecule has 1 saturated heterocycles. The molecule has 178 valence electrons. The highest BCUT2D eigenvalue weighted by atomic mass is 16.5. The molecule has 2 fully saturated rings. The van der Waals surface area contributed by atoms with E-state index >= 15 is 0 Å². The molecule has 1 N–H and O–H groups in total. The van der Waals surface area contributed by atoms with E-state index in [-0.39, 0.29) is 11.9 Å². The maximum atomic E-state index is 12.8. The predicted molar refractivity (Wildman–Crippen MR) is 124 cm³/mol. The molecule has 1 aliphatic heterocycles. The number of hydrogen-bond donors (Lipinski definition) is 1. The summed E-state index contributed by atoms with van der Waals surface area (Å²) >= 11 is 0. The molecule has 2 aliphatic rings. The third-order valence-corrected chi connectivity index (χ3v) is 6.70. The standard InChI is InChI=1S/C25H34N4O4/c1-18-23(19(2)33-27-18)17-32-22-10-8-20(9-11-22)16-24(30)28-12-14-29(15-13-28)25(31)26-21-6-4-3-5-7-21/h8-11,21H,3-7,12-17H2,1-2H3,(H,26,31). The van der Waals surface area contributed by atoms with Gasteiger partial charge in [0.2, 0.25) is 5.91 Å². The molecular formula is C25H34N4O4. The van der Waals surface area contributed by atoms with Crippen LogP contribution in [-0.4, -0.2) is 59.1 Å². The highest BCUT2D eigenvalue weighted by Crippen LogP contribution is 2.19. The third kappa shape index (κ3) is 6.06. The first kappa shape index (κ1) is 23.1. The molecular weight excluding hydrogens is 420 g/mol. The Labute approximate surface area is 195 Å². The van der Waals surface area contributed by atoms with E-state index in [1.807, 2.05) is 47.9 Å². The summed E-state index contributed by atoms with van der Waals surface area (Å²) < 4.78 is 11.0. The lowest BCUT2D eigenvalue weighted by molar-refractivity contribution is -0.131. The van der Waals surface area contributed by atoms with Gasteiger partial charge in [-0.1, -0.05) is 36.6 Å². The Balaban J connectivity index is 1.20. The van der Waals surface area contributed by atoms with Gasteiger partial charge in [-0.05, 0) is 44.4 Å². The number of benzene rings is 1. The van der Waals surface area contributed by atoms with Crippen LogP contribution in [0.1, 0.15) is 54.7 Å². The summed E-state index contributed by atoms with van der Waals surface area (Å²) in [7, 11) is 0. The van der Waals surface area contributed by atoms with Gasteiger partial charge in [0.15, 0.2) is 0 Å². The van der Waals surface area contributed by atoms with E-state index < -0.39 is 0 Å². The first-order valence-electron chi connectivity index (χ1n) is 12.0. The molecule has 8 heteroatoms. The highest BCUT2D eigenvalue weighted by Gasteiger charge is 2.26. The SMILES string of the molecule is Cc1noc(C)c1COc1ccc(CC(=O)N2CCN(C(=O)NC3CCCCC3)CC2)cc1. The van der Waals surface area contributed by atoms with E-state index in [4.69, 9.17) is 9.26 Å². The Bertz CT molecular complexity index is 922. The number of piperazine rings is 1. The minimum absolute atomic E-state index is 0.0150. The Kier molecular flexibility index (Phi) is 7.52. The van der Waals surface area contributed by atoms with Crippen molar-refractivity contribution in [3.63, 3.8) is 0 Å². The molecule has 0 atom stereocenters. The van der Waals surface area contributed by atoms with Crippen molar-refractivity contribution < 1.29 is 18.8 Å². The van der Waals surface area contributed by atoms with Crippen LogP contribution < -0.4 is 10.1 Å². The number of aromatic nitrogens is 1. The monoisotopic (exact) mass is 454 g/mol. The van der Waals surface area contributed by atoms with Crippen molar-refractivity contribution >= 4 is 11.9 Å². The largest absolute Gasteiger partial charge is 0.489 e. The maximum absolute atomic E-state index is 12.8. The van der Waals surface area contributed by atoms with Crippen LogP contribution in [0.25, 0.3) is 0 Å². The second-order valence-corrected chi connectivity index (χ2v) is 9.06. The molecule has 0 bridgehead atoms. The van der Waals surface area contributed by atoms with E-state index in [9.17, 15) is 9.59 Å². The van der Waals surface area contributed by atoms with Gasteiger partial charge in [0.25, 0.3) is 0 Å². The lowest BCUT2D eigenvalue weighted by Crippen LogP contribution is -2.54. The van der Waals surface area contributed by atoms with E-state index in [2.05, 4.69) is 10.5 Å². The maximum Gasteiger partial charge on any atom is 0.317 e. The van der Waals surface area contributed by atoms with E-state index in [1.165, 1.54) is 19.3 Å². The number of carbonyl (C=O) groups is 2. The molecule has 8 nitrogen and oxygen atoms in total. The van der Waals surface area contributed by atoms with Crippen molar-refractivity contribution in [3.8, 4) is 5.75 Å². The number of amides is 3. The van der Waals surface area contributed by atoms with Crippen LogP contribution >= 0.6 is 0 Å². The minimum Gasteiger partial charge on any atom is -0.489 e. The van der Waals surface area contributed by atoms with Gasteiger partial charge in [0, 0.05) is 32.2 Å². The Morgan fingerprint density at radius 3 is 2.33 bits per heavy atom. The highest BCUT2D eigenvalue weighted by molar-refractivity contribution is 5.79. The number of urea groups is 1. The molecule has 2 aromatic rings. The van der Waals surface area contributed by atoms with Gasteiger partial charge in [0.05, 0.1) is 17.7 Å². The van der Waals surface area contributed by atoms with Gasteiger partial charge in [0.1, 0.15) is 18.1 Å². The summed E-state index contributed by atoms with van der Waals surface area (Å²) in [6.45, 7) is 6.49. The molecule has 1 aliphatic carbocycles. The van der Waals surface area contributed by atoms with Crippen LogP contribution in [0.5, 0.6) is 5.75 Å². The van der Waals surface area contributed by atoms with Gasteiger partial charge in [-0.15, -0.1) is 0 Å². The molecule has 1 saturated carbocycles. The molecule has 3 amide bonds. The smallest absolute Gasteiger partial charge is 0.317 e. The average Bonchev–Trinajstić information content (AvgIpc) is 3.16. The van der Waals surface area contributed by atoms with Crippen molar-refractivity contribution in [2.24, 2.45) is 0 Å². The zero-order chi connectivity index (χ0) is 23.2. The van der Waals surface area contributed by atoms with Crippen LogP contribution in [-0.2, 0) is 17.8 Å². The topological polar surface area (TPSA) is 87.9 Å². The molecule has 0 spiro atoms. The quantitative estimate of drug-likeness (QED) is 0.721. The molecule has 33 heavy (non-hydrogen) atoms. The number of aryl methyl sites for hydroxylation is 2. The van der Waals surface area contributed by atoms with Gasteiger partial charge < -0.3 is 24.4 Å². The predicted octanol–water partition coefficient (Wildman–Crippen LogP) is 3.60. The summed E-state index contributed by atoms with van der Waals surface area (Å²) in [5, 5.41) is 7.10. The lowest BCUT2D eigenvalue weighted by Gasteiger charge is -2.36. The lowest BCUT2D eigenvalue weighted by atomic mass is 9.96. The summed E-state index contributed by atoms with van der Waals surface area (Å²) in [4.78, 5) is 29.0. The number of nitrogens with one attached hydrogen (secondary N) is 1. The first-order chi connectivity index (χ1) is 16.0. The van der Waals surface area contributed by atoms with Crippen molar-refractivity contribution in [2.45, 2.75) is 65.0 Å². The van der Waals surface area contributed by atoms with E-state index in [0.29, 0.717) is 45.2 Å². The summed E-state index contributed by atoms with van der Waals surface area (Å²) in [6.07, 6.45) is 6.16. The van der Waals surface area contributed by atoms with Gasteiger partial charge >= 0.3 is 6.03 Å². The Hall–Kier alpha value is -3.03. The minimum atomic E-state index is 0.0150. The molecule has 1 aromatic heterocycles. The van der Waals surface area contributed by atoms with Crippen LogP contribution in [0.3, 0.4) is 0 Å². The van der Waals surface area contributed by atoms with Crippen molar-refractivity contribution in [2.75, 3.05) is 26.2 Å². The van der Waals surface area contributed by atoms with Crippen LogP contribution in [0.4, 0.5) is 4.79 Å². The average molecular weight is 455 g/mol. The van der Waals surface area contributed by atoms with E-state index in [1.54, 1.807) is 0 Å². The molecule has 2 heterocycles. The second kappa shape index (κ2) is 10.7. The van der Waals surface area contributed by atoms with Crippen LogP contribution in [0.2, 0.25) is 0 Å². The van der Waals surface area contributed by atoms with Crippen LogP contribution in [0.15, 0.2) is 28.8 Å².